The van der Waals surface area contributed by atoms with Gasteiger partial charge in [0.25, 0.3) is 0 Å². The van der Waals surface area contributed by atoms with Crippen LogP contribution in [0.15, 0.2) is 30.5 Å². The summed E-state index contributed by atoms with van der Waals surface area (Å²) in [7, 11) is 0. The first kappa shape index (κ1) is 12.8. The number of ether oxygens (including phenoxy) is 1. The first-order valence-corrected chi connectivity index (χ1v) is 6.72. The molecule has 0 aliphatic carbocycles. The van der Waals surface area contributed by atoms with E-state index in [0.29, 0.717) is 17.0 Å². The molecule has 1 heterocycles. The number of benzene rings is 1. The van der Waals surface area contributed by atoms with Gasteiger partial charge in [-0.05, 0) is 37.6 Å². The van der Waals surface area contributed by atoms with E-state index < -0.39 is 0 Å². The summed E-state index contributed by atoms with van der Waals surface area (Å²) in [6, 6.07) is 7.25. The molecular weight excluding hydrogens is 246 g/mol. The molecule has 4 heteroatoms. The summed E-state index contributed by atoms with van der Waals surface area (Å²) in [6.07, 6.45) is 2.60. The van der Waals surface area contributed by atoms with E-state index in [1.54, 1.807) is 18.3 Å². The molecule has 0 bridgehead atoms. The van der Waals surface area contributed by atoms with Crippen molar-refractivity contribution in [2.75, 3.05) is 6.61 Å². The summed E-state index contributed by atoms with van der Waals surface area (Å²) in [4.78, 5) is 16.9. The Morgan fingerprint density at radius 2 is 2.06 bits per heavy atom. The normalized spacial score (nSPS) is 10.3. The van der Waals surface area contributed by atoms with Crippen molar-refractivity contribution < 1.29 is 9.53 Å². The lowest BCUT2D eigenvalue weighted by Crippen LogP contribution is -1.99. The molecule has 0 spiro atoms. The molecule has 0 radical (unpaired) electrons. The van der Waals surface area contributed by atoms with Crippen molar-refractivity contribution in [3.05, 3.63) is 45.9 Å². The molecule has 0 aliphatic heterocycles. The number of carbonyl (C=O) groups excluding carboxylic acids is 1. The van der Waals surface area contributed by atoms with Gasteiger partial charge in [0.1, 0.15) is 5.75 Å². The fraction of sp³-hybridized carbons (Fsp3) is 0.286. The Morgan fingerprint density at radius 1 is 1.33 bits per heavy atom. The molecule has 0 fully saturated rings. The van der Waals surface area contributed by atoms with Gasteiger partial charge in [0.15, 0.2) is 0 Å². The van der Waals surface area contributed by atoms with Gasteiger partial charge < -0.3 is 4.74 Å². The lowest BCUT2D eigenvalue weighted by molar-refractivity contribution is 0.104. The Labute approximate surface area is 110 Å². The highest BCUT2D eigenvalue weighted by Crippen LogP contribution is 2.19. The topological polar surface area (TPSA) is 39.2 Å². The summed E-state index contributed by atoms with van der Waals surface area (Å²) in [5.74, 6) is 0.816. The van der Waals surface area contributed by atoms with E-state index >= 15 is 0 Å². The van der Waals surface area contributed by atoms with Gasteiger partial charge in [-0.15, -0.1) is 11.3 Å². The Hall–Kier alpha value is -1.68. The van der Waals surface area contributed by atoms with Crippen LogP contribution >= 0.6 is 11.3 Å². The van der Waals surface area contributed by atoms with Crippen LogP contribution in [0.4, 0.5) is 0 Å². The second-order valence-electron chi connectivity index (χ2n) is 3.95. The van der Waals surface area contributed by atoms with Gasteiger partial charge in [-0.2, -0.15) is 0 Å². The molecular formula is C14H15NO2S. The third-order valence-electron chi connectivity index (χ3n) is 2.43. The Kier molecular flexibility index (Phi) is 4.10. The molecule has 0 saturated heterocycles. The lowest BCUT2D eigenvalue weighted by Gasteiger charge is -2.04. The lowest BCUT2D eigenvalue weighted by atomic mass is 10.1. The first-order chi connectivity index (χ1) is 8.70. The number of hydrogen-bond acceptors (Lipinski definition) is 4. The standard InChI is InChI=1S/C14H15NO2S/c1-3-8-17-12-6-4-11(5-7-12)14(16)13-9-15-10(2)18-13/h4-7,9H,3,8H2,1-2H3. The van der Waals surface area contributed by atoms with Gasteiger partial charge in [-0.25, -0.2) is 4.98 Å². The highest BCUT2D eigenvalue weighted by Gasteiger charge is 2.11. The number of aryl methyl sites for hydroxylation is 1. The molecule has 0 unspecified atom stereocenters. The van der Waals surface area contributed by atoms with Crippen LogP contribution in [0.1, 0.15) is 33.6 Å². The molecule has 1 aromatic heterocycles. The average molecular weight is 261 g/mol. The molecule has 3 nitrogen and oxygen atoms in total. The minimum Gasteiger partial charge on any atom is -0.494 e. The zero-order chi connectivity index (χ0) is 13.0. The van der Waals surface area contributed by atoms with Gasteiger partial charge in [-0.1, -0.05) is 6.92 Å². The fourth-order valence-corrected chi connectivity index (χ4v) is 2.27. The summed E-state index contributed by atoms with van der Waals surface area (Å²) in [5.41, 5.74) is 0.669. The number of rotatable bonds is 5. The van der Waals surface area contributed by atoms with Crippen LogP contribution < -0.4 is 4.74 Å². The molecule has 0 saturated carbocycles. The summed E-state index contributed by atoms with van der Waals surface area (Å²) in [6.45, 7) is 4.65. The molecule has 2 rings (SSSR count). The monoisotopic (exact) mass is 261 g/mol. The maximum Gasteiger partial charge on any atom is 0.204 e. The average Bonchev–Trinajstić information content (AvgIpc) is 2.83. The largest absolute Gasteiger partial charge is 0.494 e. The van der Waals surface area contributed by atoms with Crippen molar-refractivity contribution in [3.63, 3.8) is 0 Å². The maximum absolute atomic E-state index is 12.1. The quantitative estimate of drug-likeness (QED) is 0.774. The predicted octanol–water partition coefficient (Wildman–Crippen LogP) is 3.47. The van der Waals surface area contributed by atoms with Crippen LogP contribution in [0.25, 0.3) is 0 Å². The van der Waals surface area contributed by atoms with Crippen molar-refractivity contribution in [1.82, 2.24) is 4.98 Å². The molecule has 0 amide bonds. The van der Waals surface area contributed by atoms with E-state index in [-0.39, 0.29) is 5.78 Å². The van der Waals surface area contributed by atoms with Crippen LogP contribution in [-0.4, -0.2) is 17.4 Å². The molecule has 0 atom stereocenters. The molecule has 1 aromatic carbocycles. The SMILES string of the molecule is CCCOc1ccc(C(=O)c2cnc(C)s2)cc1. The van der Waals surface area contributed by atoms with Crippen LogP contribution in [0.3, 0.4) is 0 Å². The van der Waals surface area contributed by atoms with Crippen LogP contribution in [0.2, 0.25) is 0 Å². The van der Waals surface area contributed by atoms with Gasteiger partial charge >= 0.3 is 0 Å². The van der Waals surface area contributed by atoms with Crippen LogP contribution in [0.5, 0.6) is 5.75 Å². The molecule has 2 aromatic rings. The van der Waals surface area contributed by atoms with Crippen molar-refractivity contribution >= 4 is 17.1 Å². The summed E-state index contributed by atoms with van der Waals surface area (Å²) in [5, 5.41) is 0.904. The minimum atomic E-state index is 0.0163. The van der Waals surface area contributed by atoms with Crippen molar-refractivity contribution in [3.8, 4) is 5.75 Å². The Balaban J connectivity index is 2.12. The zero-order valence-corrected chi connectivity index (χ0v) is 11.3. The number of hydrogen-bond donors (Lipinski definition) is 0. The van der Waals surface area contributed by atoms with E-state index in [1.807, 2.05) is 19.1 Å². The number of carbonyl (C=O) groups is 1. The van der Waals surface area contributed by atoms with E-state index in [2.05, 4.69) is 11.9 Å². The third kappa shape index (κ3) is 2.96. The second-order valence-corrected chi connectivity index (χ2v) is 5.18. The van der Waals surface area contributed by atoms with E-state index in [9.17, 15) is 4.79 Å². The van der Waals surface area contributed by atoms with Gasteiger partial charge in [-0.3, -0.25) is 4.79 Å². The fourth-order valence-electron chi connectivity index (χ4n) is 1.53. The minimum absolute atomic E-state index is 0.0163. The van der Waals surface area contributed by atoms with Crippen molar-refractivity contribution in [1.29, 1.82) is 0 Å². The number of ketones is 1. The van der Waals surface area contributed by atoms with Crippen LogP contribution in [0, 0.1) is 6.92 Å². The molecule has 94 valence electrons. The first-order valence-electron chi connectivity index (χ1n) is 5.90. The summed E-state index contributed by atoms with van der Waals surface area (Å²) < 4.78 is 5.48. The summed E-state index contributed by atoms with van der Waals surface area (Å²) >= 11 is 1.42. The highest BCUT2D eigenvalue weighted by atomic mass is 32.1. The van der Waals surface area contributed by atoms with Crippen LogP contribution in [-0.2, 0) is 0 Å². The van der Waals surface area contributed by atoms with Gasteiger partial charge in [0.05, 0.1) is 16.5 Å². The number of thiazole rings is 1. The highest BCUT2D eigenvalue weighted by molar-refractivity contribution is 7.13. The molecule has 0 N–H and O–H groups in total. The maximum atomic E-state index is 12.1. The van der Waals surface area contributed by atoms with Gasteiger partial charge in [0.2, 0.25) is 5.78 Å². The zero-order valence-electron chi connectivity index (χ0n) is 10.5. The van der Waals surface area contributed by atoms with E-state index in [0.717, 1.165) is 17.2 Å². The Bertz CT molecular complexity index is 531. The molecule has 18 heavy (non-hydrogen) atoms. The van der Waals surface area contributed by atoms with E-state index in [1.165, 1.54) is 11.3 Å². The smallest absolute Gasteiger partial charge is 0.204 e. The molecule has 0 aliphatic rings. The van der Waals surface area contributed by atoms with Crippen molar-refractivity contribution in [2.24, 2.45) is 0 Å². The third-order valence-corrected chi connectivity index (χ3v) is 3.35. The second kappa shape index (κ2) is 5.78. The predicted molar refractivity (Wildman–Crippen MR) is 72.5 cm³/mol. The van der Waals surface area contributed by atoms with Gasteiger partial charge in [0, 0.05) is 11.8 Å². The number of aromatic nitrogens is 1. The van der Waals surface area contributed by atoms with Crippen molar-refractivity contribution in [2.45, 2.75) is 20.3 Å². The van der Waals surface area contributed by atoms with E-state index in [4.69, 9.17) is 4.74 Å². The Morgan fingerprint density at radius 3 is 2.61 bits per heavy atom. The number of nitrogens with zero attached hydrogens (tertiary/aromatic N) is 1.